The van der Waals surface area contributed by atoms with Crippen molar-refractivity contribution in [2.24, 2.45) is 5.41 Å². The summed E-state index contributed by atoms with van der Waals surface area (Å²) in [5.41, 5.74) is 4.38. The van der Waals surface area contributed by atoms with E-state index in [1.807, 2.05) is 0 Å². The Kier molecular flexibility index (Phi) is 4.31. The molecular weight excluding hydrogens is 259 g/mol. The number of rotatable bonds is 5. The maximum absolute atomic E-state index is 13.2. The zero-order chi connectivity index (χ0) is 14.0. The Bertz CT molecular complexity index is 529. The van der Waals surface area contributed by atoms with Crippen molar-refractivity contribution in [1.29, 1.82) is 0 Å². The summed E-state index contributed by atoms with van der Waals surface area (Å²) in [4.78, 5) is -0.295. The van der Waals surface area contributed by atoms with E-state index in [4.69, 9.17) is 10.8 Å². The van der Waals surface area contributed by atoms with Gasteiger partial charge in [0.15, 0.2) is 0 Å². The number of nitrogens with one attached hydrogen (secondary N) is 1. The molecule has 18 heavy (non-hydrogen) atoms. The Hall–Kier alpha value is -1.18. The molecule has 0 atom stereocenters. The van der Waals surface area contributed by atoms with Gasteiger partial charge in [0.25, 0.3) is 0 Å². The molecule has 0 bridgehead atoms. The molecule has 0 heterocycles. The maximum atomic E-state index is 13.2. The predicted octanol–water partition coefficient (Wildman–Crippen LogP) is 0.705. The van der Waals surface area contributed by atoms with E-state index in [-0.39, 0.29) is 18.0 Å². The minimum absolute atomic E-state index is 0.0296. The summed E-state index contributed by atoms with van der Waals surface area (Å²) in [6.45, 7) is 3.25. The zero-order valence-corrected chi connectivity index (χ0v) is 11.1. The van der Waals surface area contributed by atoms with Gasteiger partial charge >= 0.3 is 0 Å². The van der Waals surface area contributed by atoms with Crippen molar-refractivity contribution in [1.82, 2.24) is 4.72 Å². The SMILES string of the molecule is CC(C)(CO)CNS(=O)(=O)c1cccc(F)c1N. The number of para-hydroxylation sites is 1. The van der Waals surface area contributed by atoms with Gasteiger partial charge in [-0.2, -0.15) is 0 Å². The summed E-state index contributed by atoms with van der Waals surface area (Å²) in [6.07, 6.45) is 0. The first-order chi connectivity index (χ1) is 8.19. The van der Waals surface area contributed by atoms with Gasteiger partial charge in [-0.05, 0) is 12.1 Å². The van der Waals surface area contributed by atoms with Crippen LogP contribution in [0.5, 0.6) is 0 Å². The Morgan fingerprint density at radius 2 is 2.06 bits per heavy atom. The molecule has 0 aliphatic rings. The van der Waals surface area contributed by atoms with Gasteiger partial charge < -0.3 is 10.8 Å². The molecule has 5 nitrogen and oxygen atoms in total. The van der Waals surface area contributed by atoms with Gasteiger partial charge in [0, 0.05) is 18.6 Å². The number of nitrogen functional groups attached to an aromatic ring is 1. The first-order valence-electron chi connectivity index (χ1n) is 5.34. The lowest BCUT2D eigenvalue weighted by atomic mass is 9.96. The van der Waals surface area contributed by atoms with Gasteiger partial charge in [-0.1, -0.05) is 19.9 Å². The molecule has 0 amide bonds. The molecule has 0 unspecified atom stereocenters. The van der Waals surface area contributed by atoms with E-state index in [9.17, 15) is 12.8 Å². The number of hydrogen-bond donors (Lipinski definition) is 3. The summed E-state index contributed by atoms with van der Waals surface area (Å²) in [6, 6.07) is 3.59. The molecule has 0 aliphatic carbocycles. The normalized spacial score (nSPS) is 12.7. The Morgan fingerprint density at radius 1 is 1.44 bits per heavy atom. The molecule has 0 spiro atoms. The second-order valence-electron chi connectivity index (χ2n) is 4.80. The highest BCUT2D eigenvalue weighted by molar-refractivity contribution is 7.89. The van der Waals surface area contributed by atoms with Crippen LogP contribution in [0.15, 0.2) is 23.1 Å². The Labute approximate surface area is 106 Å². The molecule has 0 radical (unpaired) electrons. The van der Waals surface area contributed by atoms with Gasteiger partial charge in [0.05, 0.1) is 5.69 Å². The fraction of sp³-hybridized carbons (Fsp3) is 0.455. The monoisotopic (exact) mass is 276 g/mol. The van der Waals surface area contributed by atoms with Crippen LogP contribution >= 0.6 is 0 Å². The van der Waals surface area contributed by atoms with Crippen molar-refractivity contribution >= 4 is 15.7 Å². The lowest BCUT2D eigenvalue weighted by molar-refractivity contribution is 0.163. The Balaban J connectivity index is 2.98. The van der Waals surface area contributed by atoms with Crippen LogP contribution in [-0.2, 0) is 10.0 Å². The number of benzene rings is 1. The van der Waals surface area contributed by atoms with Gasteiger partial charge in [-0.15, -0.1) is 0 Å². The van der Waals surface area contributed by atoms with Crippen molar-refractivity contribution in [2.45, 2.75) is 18.7 Å². The minimum Gasteiger partial charge on any atom is -0.396 e. The van der Waals surface area contributed by atoms with Crippen LogP contribution < -0.4 is 10.5 Å². The molecule has 0 aromatic heterocycles. The number of aliphatic hydroxyl groups excluding tert-OH is 1. The summed E-state index contributed by atoms with van der Waals surface area (Å²) in [7, 11) is -3.88. The van der Waals surface area contributed by atoms with E-state index < -0.39 is 26.9 Å². The average Bonchev–Trinajstić information content (AvgIpc) is 2.30. The molecule has 1 aromatic rings. The highest BCUT2D eigenvalue weighted by atomic mass is 32.2. The van der Waals surface area contributed by atoms with Gasteiger partial charge in [-0.3, -0.25) is 0 Å². The van der Waals surface area contributed by atoms with Gasteiger partial charge in [-0.25, -0.2) is 17.5 Å². The second kappa shape index (κ2) is 5.21. The third kappa shape index (κ3) is 3.41. The minimum atomic E-state index is -3.88. The number of sulfonamides is 1. The molecule has 1 rings (SSSR count). The lowest BCUT2D eigenvalue weighted by Gasteiger charge is -2.22. The van der Waals surface area contributed by atoms with E-state index in [1.54, 1.807) is 13.8 Å². The molecule has 102 valence electrons. The fourth-order valence-electron chi connectivity index (χ4n) is 1.18. The van der Waals surface area contributed by atoms with E-state index in [0.717, 1.165) is 6.07 Å². The van der Waals surface area contributed by atoms with Crippen molar-refractivity contribution in [3.05, 3.63) is 24.0 Å². The number of halogens is 1. The van der Waals surface area contributed by atoms with Crippen LogP contribution in [0.3, 0.4) is 0 Å². The smallest absolute Gasteiger partial charge is 0.242 e. The van der Waals surface area contributed by atoms with Crippen LogP contribution in [0.2, 0.25) is 0 Å². The molecule has 0 saturated heterocycles. The quantitative estimate of drug-likeness (QED) is 0.690. The van der Waals surface area contributed by atoms with Crippen LogP contribution in [0.25, 0.3) is 0 Å². The molecule has 1 aromatic carbocycles. The summed E-state index contributed by atoms with van der Waals surface area (Å²) >= 11 is 0. The first kappa shape index (κ1) is 14.9. The zero-order valence-electron chi connectivity index (χ0n) is 10.3. The average molecular weight is 276 g/mol. The Morgan fingerprint density at radius 3 is 2.61 bits per heavy atom. The van der Waals surface area contributed by atoms with Crippen molar-refractivity contribution in [3.8, 4) is 0 Å². The van der Waals surface area contributed by atoms with Crippen LogP contribution in [0.4, 0.5) is 10.1 Å². The van der Waals surface area contributed by atoms with Crippen LogP contribution in [0, 0.1) is 11.2 Å². The van der Waals surface area contributed by atoms with Crippen LogP contribution in [0.1, 0.15) is 13.8 Å². The van der Waals surface area contributed by atoms with E-state index in [2.05, 4.69) is 4.72 Å². The summed E-state index contributed by atoms with van der Waals surface area (Å²) < 4.78 is 39.3. The van der Waals surface area contributed by atoms with E-state index in [1.165, 1.54) is 12.1 Å². The predicted molar refractivity (Wildman–Crippen MR) is 66.9 cm³/mol. The molecular formula is C11H17FN2O3S. The first-order valence-corrected chi connectivity index (χ1v) is 6.82. The van der Waals surface area contributed by atoms with Crippen molar-refractivity contribution in [3.63, 3.8) is 0 Å². The largest absolute Gasteiger partial charge is 0.396 e. The van der Waals surface area contributed by atoms with Gasteiger partial charge in [0.2, 0.25) is 10.0 Å². The lowest BCUT2D eigenvalue weighted by Crippen LogP contribution is -2.36. The maximum Gasteiger partial charge on any atom is 0.242 e. The second-order valence-corrected chi connectivity index (χ2v) is 6.53. The highest BCUT2D eigenvalue weighted by Crippen LogP contribution is 2.21. The standard InChI is InChI=1S/C11H17FN2O3S/c1-11(2,7-15)6-14-18(16,17)9-5-3-4-8(12)10(9)13/h3-5,14-15H,6-7,13H2,1-2H3. The highest BCUT2D eigenvalue weighted by Gasteiger charge is 2.23. The summed E-state index contributed by atoms with van der Waals surface area (Å²) in [5, 5.41) is 9.04. The number of nitrogens with two attached hydrogens (primary N) is 1. The third-order valence-electron chi connectivity index (χ3n) is 2.47. The van der Waals surface area contributed by atoms with Crippen molar-refractivity contribution in [2.75, 3.05) is 18.9 Å². The topological polar surface area (TPSA) is 92.4 Å². The number of aliphatic hydroxyl groups is 1. The summed E-state index contributed by atoms with van der Waals surface area (Å²) in [5.74, 6) is -0.778. The fourth-order valence-corrected chi connectivity index (χ4v) is 2.56. The number of anilines is 1. The van der Waals surface area contributed by atoms with Crippen molar-refractivity contribution < 1.29 is 17.9 Å². The third-order valence-corrected chi connectivity index (χ3v) is 3.93. The van der Waals surface area contributed by atoms with E-state index >= 15 is 0 Å². The van der Waals surface area contributed by atoms with E-state index in [0.29, 0.717) is 0 Å². The molecule has 0 saturated carbocycles. The molecule has 0 aliphatic heterocycles. The molecule has 4 N–H and O–H groups in total. The number of hydrogen-bond acceptors (Lipinski definition) is 4. The van der Waals surface area contributed by atoms with Crippen LogP contribution in [-0.4, -0.2) is 26.7 Å². The molecule has 0 fully saturated rings. The van der Waals surface area contributed by atoms with Gasteiger partial charge in [0.1, 0.15) is 10.7 Å². The molecule has 7 heteroatoms.